The fraction of sp³-hybridized carbons (Fsp3) is 0.167. The molecule has 3 N–H and O–H groups in total. The molecule has 1 aromatic heterocycles. The van der Waals surface area contributed by atoms with Crippen LogP contribution in [0.2, 0.25) is 0 Å². The SMILES string of the molecule is Nc1cc(CO)ncc1Br. The van der Waals surface area contributed by atoms with Crippen LogP contribution in [0.3, 0.4) is 0 Å². The lowest BCUT2D eigenvalue weighted by atomic mass is 10.3. The fourth-order valence-corrected chi connectivity index (χ4v) is 0.803. The average molecular weight is 203 g/mol. The van der Waals surface area contributed by atoms with E-state index in [0.717, 1.165) is 4.47 Å². The predicted molar refractivity (Wildman–Crippen MR) is 42.3 cm³/mol. The molecule has 0 aliphatic rings. The van der Waals surface area contributed by atoms with Crippen LogP contribution in [0.5, 0.6) is 0 Å². The molecular weight excluding hydrogens is 196 g/mol. The van der Waals surface area contributed by atoms with Crippen molar-refractivity contribution >= 4 is 21.6 Å². The van der Waals surface area contributed by atoms with Crippen LogP contribution in [0.15, 0.2) is 16.7 Å². The van der Waals surface area contributed by atoms with E-state index in [1.54, 1.807) is 12.3 Å². The van der Waals surface area contributed by atoms with Gasteiger partial charge in [0.1, 0.15) is 0 Å². The van der Waals surface area contributed by atoms with Crippen LogP contribution in [-0.4, -0.2) is 10.1 Å². The molecule has 0 aliphatic carbocycles. The lowest BCUT2D eigenvalue weighted by Gasteiger charge is -1.98. The van der Waals surface area contributed by atoms with E-state index in [-0.39, 0.29) is 6.61 Å². The van der Waals surface area contributed by atoms with Gasteiger partial charge in [0.15, 0.2) is 0 Å². The summed E-state index contributed by atoms with van der Waals surface area (Å²) in [6.45, 7) is -0.0719. The largest absolute Gasteiger partial charge is 0.398 e. The summed E-state index contributed by atoms with van der Waals surface area (Å²) in [7, 11) is 0. The molecule has 0 aromatic carbocycles. The summed E-state index contributed by atoms with van der Waals surface area (Å²) in [5.74, 6) is 0. The smallest absolute Gasteiger partial charge is 0.0853 e. The Bertz CT molecular complexity index is 239. The number of aromatic nitrogens is 1. The van der Waals surface area contributed by atoms with Crippen molar-refractivity contribution in [2.75, 3.05) is 5.73 Å². The van der Waals surface area contributed by atoms with Gasteiger partial charge >= 0.3 is 0 Å². The van der Waals surface area contributed by atoms with Gasteiger partial charge in [-0.2, -0.15) is 0 Å². The summed E-state index contributed by atoms with van der Waals surface area (Å²) in [5.41, 5.74) is 6.68. The fourth-order valence-electron chi connectivity index (χ4n) is 0.586. The van der Waals surface area contributed by atoms with Crippen molar-refractivity contribution in [3.05, 3.63) is 22.4 Å². The van der Waals surface area contributed by atoms with Gasteiger partial charge in [-0.25, -0.2) is 0 Å². The van der Waals surface area contributed by atoms with E-state index in [0.29, 0.717) is 11.4 Å². The first kappa shape index (κ1) is 7.50. The van der Waals surface area contributed by atoms with Crippen LogP contribution < -0.4 is 5.73 Å². The topological polar surface area (TPSA) is 59.1 Å². The number of aliphatic hydroxyl groups excluding tert-OH is 1. The van der Waals surface area contributed by atoms with Crippen LogP contribution in [0, 0.1) is 0 Å². The molecular formula is C6H7BrN2O. The summed E-state index contributed by atoms with van der Waals surface area (Å²) < 4.78 is 0.754. The first-order valence-electron chi connectivity index (χ1n) is 2.75. The van der Waals surface area contributed by atoms with Crippen molar-refractivity contribution in [1.29, 1.82) is 0 Å². The number of nitrogen functional groups attached to an aromatic ring is 1. The molecule has 54 valence electrons. The first-order valence-corrected chi connectivity index (χ1v) is 3.54. The Balaban J connectivity index is 3.04. The zero-order valence-electron chi connectivity index (χ0n) is 5.21. The Labute approximate surface area is 67.0 Å². The number of hydrogen-bond donors (Lipinski definition) is 2. The predicted octanol–water partition coefficient (Wildman–Crippen LogP) is 0.919. The zero-order chi connectivity index (χ0) is 7.56. The van der Waals surface area contributed by atoms with Crippen molar-refractivity contribution in [3.8, 4) is 0 Å². The molecule has 3 nitrogen and oxygen atoms in total. The standard InChI is InChI=1S/C6H7BrN2O/c7-5-2-9-4(3-10)1-6(5)8/h1-2,10H,3H2,(H2,8,9). The second kappa shape index (κ2) is 2.98. The Morgan fingerprint density at radius 3 is 2.90 bits per heavy atom. The van der Waals surface area contributed by atoms with E-state index in [9.17, 15) is 0 Å². The first-order chi connectivity index (χ1) is 4.74. The minimum absolute atomic E-state index is 0.0719. The monoisotopic (exact) mass is 202 g/mol. The van der Waals surface area contributed by atoms with Gasteiger partial charge in [-0.3, -0.25) is 4.98 Å². The molecule has 0 saturated heterocycles. The molecule has 0 aliphatic heterocycles. The summed E-state index contributed by atoms with van der Waals surface area (Å²) in [4.78, 5) is 3.88. The van der Waals surface area contributed by atoms with Gasteiger partial charge in [0.05, 0.1) is 16.8 Å². The van der Waals surface area contributed by atoms with Crippen LogP contribution in [0.1, 0.15) is 5.69 Å². The van der Waals surface area contributed by atoms with Crippen molar-refractivity contribution in [2.45, 2.75) is 6.61 Å². The molecule has 1 rings (SSSR count). The summed E-state index contributed by atoms with van der Waals surface area (Å²) in [6, 6.07) is 1.63. The van der Waals surface area contributed by atoms with Crippen molar-refractivity contribution in [3.63, 3.8) is 0 Å². The highest BCUT2D eigenvalue weighted by molar-refractivity contribution is 9.10. The van der Waals surface area contributed by atoms with Gasteiger partial charge in [-0.15, -0.1) is 0 Å². The molecule has 0 bridgehead atoms. The third-order valence-corrected chi connectivity index (χ3v) is 1.77. The van der Waals surface area contributed by atoms with Gasteiger partial charge in [-0.05, 0) is 22.0 Å². The normalized spacial score (nSPS) is 9.80. The quantitative estimate of drug-likeness (QED) is 0.713. The molecule has 0 fully saturated rings. The van der Waals surface area contributed by atoms with Crippen molar-refractivity contribution in [2.24, 2.45) is 0 Å². The average Bonchev–Trinajstić information content (AvgIpc) is 1.95. The highest BCUT2D eigenvalue weighted by atomic mass is 79.9. The Kier molecular flexibility index (Phi) is 2.24. The zero-order valence-corrected chi connectivity index (χ0v) is 6.80. The Morgan fingerprint density at radius 2 is 2.40 bits per heavy atom. The number of hydrogen-bond acceptors (Lipinski definition) is 3. The third-order valence-electron chi connectivity index (χ3n) is 1.10. The molecule has 0 spiro atoms. The van der Waals surface area contributed by atoms with Crippen LogP contribution in [-0.2, 0) is 6.61 Å². The molecule has 0 amide bonds. The van der Waals surface area contributed by atoms with Crippen molar-refractivity contribution < 1.29 is 5.11 Å². The number of rotatable bonds is 1. The maximum Gasteiger partial charge on any atom is 0.0853 e. The van der Waals surface area contributed by atoms with E-state index >= 15 is 0 Å². The van der Waals surface area contributed by atoms with Crippen LogP contribution in [0.25, 0.3) is 0 Å². The maximum atomic E-state index is 8.62. The van der Waals surface area contributed by atoms with E-state index in [1.165, 1.54) is 0 Å². The summed E-state index contributed by atoms with van der Waals surface area (Å²) in [5, 5.41) is 8.62. The van der Waals surface area contributed by atoms with E-state index in [1.807, 2.05) is 0 Å². The number of nitrogens with zero attached hydrogens (tertiary/aromatic N) is 1. The molecule has 0 unspecified atom stereocenters. The minimum Gasteiger partial charge on any atom is -0.398 e. The molecule has 0 radical (unpaired) electrons. The van der Waals surface area contributed by atoms with Crippen LogP contribution >= 0.6 is 15.9 Å². The number of aliphatic hydroxyl groups is 1. The number of anilines is 1. The van der Waals surface area contributed by atoms with Crippen molar-refractivity contribution in [1.82, 2.24) is 4.98 Å². The molecule has 1 heterocycles. The molecule has 10 heavy (non-hydrogen) atoms. The lowest BCUT2D eigenvalue weighted by molar-refractivity contribution is 0.277. The lowest BCUT2D eigenvalue weighted by Crippen LogP contribution is -1.93. The van der Waals surface area contributed by atoms with Gasteiger partial charge < -0.3 is 10.8 Å². The molecule has 4 heteroatoms. The highest BCUT2D eigenvalue weighted by Crippen LogP contribution is 2.17. The minimum atomic E-state index is -0.0719. The maximum absolute atomic E-state index is 8.62. The Hall–Kier alpha value is -0.610. The summed E-state index contributed by atoms with van der Waals surface area (Å²) >= 11 is 3.19. The van der Waals surface area contributed by atoms with E-state index in [2.05, 4.69) is 20.9 Å². The Morgan fingerprint density at radius 1 is 1.70 bits per heavy atom. The number of nitrogens with two attached hydrogens (primary N) is 1. The molecule has 0 saturated carbocycles. The molecule has 0 atom stereocenters. The highest BCUT2D eigenvalue weighted by Gasteiger charge is 1.96. The van der Waals surface area contributed by atoms with Gasteiger partial charge in [0.25, 0.3) is 0 Å². The van der Waals surface area contributed by atoms with Gasteiger partial charge in [-0.1, -0.05) is 0 Å². The summed E-state index contributed by atoms with van der Waals surface area (Å²) in [6.07, 6.45) is 1.57. The van der Waals surface area contributed by atoms with Gasteiger partial charge in [0.2, 0.25) is 0 Å². The molecule has 1 aromatic rings. The van der Waals surface area contributed by atoms with Crippen LogP contribution in [0.4, 0.5) is 5.69 Å². The number of halogens is 1. The second-order valence-corrected chi connectivity index (χ2v) is 2.71. The number of pyridine rings is 1. The van der Waals surface area contributed by atoms with E-state index < -0.39 is 0 Å². The third kappa shape index (κ3) is 1.46. The second-order valence-electron chi connectivity index (χ2n) is 1.86. The van der Waals surface area contributed by atoms with E-state index in [4.69, 9.17) is 10.8 Å². The van der Waals surface area contributed by atoms with Gasteiger partial charge in [0, 0.05) is 11.9 Å².